The number of nitrogens with two attached hydrogens (primary N) is 1. The minimum atomic E-state index is -0.640. The molecule has 0 radical (unpaired) electrons. The Morgan fingerprint density at radius 1 is 1.36 bits per heavy atom. The van der Waals surface area contributed by atoms with Crippen LogP contribution in [0.2, 0.25) is 5.02 Å². The van der Waals surface area contributed by atoms with Gasteiger partial charge in [0.25, 0.3) is 0 Å². The Labute approximate surface area is 87.8 Å². The summed E-state index contributed by atoms with van der Waals surface area (Å²) >= 11 is 6.02. The molecular weight excluding hydrogens is 202 g/mol. The predicted octanol–water partition coefficient (Wildman–Crippen LogP) is 2.31. The van der Waals surface area contributed by atoms with Crippen molar-refractivity contribution in [3.63, 3.8) is 0 Å². The molecule has 2 rings (SSSR count). The topological polar surface area (TPSA) is 44.5 Å². The van der Waals surface area contributed by atoms with Crippen molar-refractivity contribution in [2.24, 2.45) is 5.73 Å². The Hall–Kier alpha value is -0.930. The van der Waals surface area contributed by atoms with Crippen LogP contribution in [0.5, 0.6) is 11.5 Å². The molecule has 1 heterocycles. The molecule has 1 aliphatic heterocycles. The van der Waals surface area contributed by atoms with Gasteiger partial charge in [-0.2, -0.15) is 0 Å². The number of ether oxygens (including phenoxy) is 2. The van der Waals surface area contributed by atoms with Crippen LogP contribution in [0.4, 0.5) is 0 Å². The van der Waals surface area contributed by atoms with Gasteiger partial charge < -0.3 is 15.2 Å². The highest BCUT2D eigenvalue weighted by atomic mass is 35.5. The summed E-state index contributed by atoms with van der Waals surface area (Å²) in [5.74, 6) is 0.635. The van der Waals surface area contributed by atoms with Crippen LogP contribution in [0.3, 0.4) is 0 Å². The SMILES string of the molecule is CC1(C)Oc2cc(CN)cc(Cl)c2O1. The van der Waals surface area contributed by atoms with Crippen molar-refractivity contribution in [3.05, 3.63) is 22.7 Å². The monoisotopic (exact) mass is 213 g/mol. The Bertz CT molecular complexity index is 377. The zero-order valence-electron chi connectivity index (χ0n) is 8.13. The second-order valence-electron chi connectivity index (χ2n) is 3.71. The Kier molecular flexibility index (Phi) is 2.09. The smallest absolute Gasteiger partial charge is 0.246 e. The Morgan fingerprint density at radius 2 is 2.07 bits per heavy atom. The molecule has 1 aliphatic rings. The third-order valence-electron chi connectivity index (χ3n) is 2.01. The zero-order chi connectivity index (χ0) is 10.3. The van der Waals surface area contributed by atoms with Crippen LogP contribution in [-0.4, -0.2) is 5.79 Å². The minimum absolute atomic E-state index is 0.441. The van der Waals surface area contributed by atoms with E-state index in [9.17, 15) is 0 Å². The van der Waals surface area contributed by atoms with Gasteiger partial charge in [0.15, 0.2) is 11.5 Å². The van der Waals surface area contributed by atoms with E-state index in [1.807, 2.05) is 19.9 Å². The van der Waals surface area contributed by atoms with E-state index in [2.05, 4.69) is 0 Å². The van der Waals surface area contributed by atoms with Crippen molar-refractivity contribution in [2.75, 3.05) is 0 Å². The van der Waals surface area contributed by atoms with Crippen molar-refractivity contribution in [3.8, 4) is 11.5 Å². The molecule has 1 aromatic rings. The van der Waals surface area contributed by atoms with Crippen LogP contribution >= 0.6 is 11.6 Å². The van der Waals surface area contributed by atoms with Gasteiger partial charge in [0.2, 0.25) is 5.79 Å². The maximum atomic E-state index is 6.02. The van der Waals surface area contributed by atoms with Crippen LogP contribution in [0, 0.1) is 0 Å². The molecule has 0 aliphatic carbocycles. The fourth-order valence-corrected chi connectivity index (χ4v) is 1.72. The van der Waals surface area contributed by atoms with Crippen molar-refractivity contribution < 1.29 is 9.47 Å². The second kappa shape index (κ2) is 3.04. The molecule has 0 unspecified atom stereocenters. The summed E-state index contributed by atoms with van der Waals surface area (Å²) in [5.41, 5.74) is 6.47. The number of hydrogen-bond acceptors (Lipinski definition) is 3. The molecule has 0 saturated heterocycles. The lowest BCUT2D eigenvalue weighted by Crippen LogP contribution is -2.29. The van der Waals surface area contributed by atoms with E-state index in [0.717, 1.165) is 5.56 Å². The predicted molar refractivity (Wildman–Crippen MR) is 54.7 cm³/mol. The Balaban J connectivity index is 2.47. The molecule has 0 spiro atoms. The van der Waals surface area contributed by atoms with E-state index in [4.69, 9.17) is 26.8 Å². The number of halogens is 1. The highest BCUT2D eigenvalue weighted by molar-refractivity contribution is 6.32. The lowest BCUT2D eigenvalue weighted by atomic mass is 10.2. The van der Waals surface area contributed by atoms with Gasteiger partial charge in [0, 0.05) is 20.4 Å². The summed E-state index contributed by atoms with van der Waals surface area (Å²) in [6, 6.07) is 3.65. The lowest BCUT2D eigenvalue weighted by Gasteiger charge is -2.16. The summed E-state index contributed by atoms with van der Waals surface area (Å²) in [6.07, 6.45) is 0. The molecule has 0 aromatic heterocycles. The first-order valence-corrected chi connectivity index (χ1v) is 4.80. The maximum Gasteiger partial charge on any atom is 0.246 e. The maximum absolute atomic E-state index is 6.02. The quantitative estimate of drug-likeness (QED) is 0.779. The molecule has 0 fully saturated rings. The largest absolute Gasteiger partial charge is 0.449 e. The standard InChI is InChI=1S/C10H12ClNO2/c1-10(2)13-8-4-6(5-12)3-7(11)9(8)14-10/h3-4H,5,12H2,1-2H3. The van der Waals surface area contributed by atoms with E-state index in [0.29, 0.717) is 23.1 Å². The summed E-state index contributed by atoms with van der Waals surface area (Å²) in [6.45, 7) is 4.12. The molecule has 76 valence electrons. The summed E-state index contributed by atoms with van der Waals surface area (Å²) < 4.78 is 11.1. The van der Waals surface area contributed by atoms with Crippen molar-refractivity contribution in [2.45, 2.75) is 26.2 Å². The van der Waals surface area contributed by atoms with Gasteiger partial charge in [-0.1, -0.05) is 11.6 Å². The van der Waals surface area contributed by atoms with Crippen LogP contribution in [0.15, 0.2) is 12.1 Å². The summed E-state index contributed by atoms with van der Waals surface area (Å²) in [5, 5.41) is 0.550. The number of fused-ring (bicyclic) bond motifs is 1. The van der Waals surface area contributed by atoms with E-state index >= 15 is 0 Å². The van der Waals surface area contributed by atoms with Gasteiger partial charge in [0.1, 0.15) is 0 Å². The van der Waals surface area contributed by atoms with Gasteiger partial charge in [-0.15, -0.1) is 0 Å². The van der Waals surface area contributed by atoms with Crippen LogP contribution in [0.1, 0.15) is 19.4 Å². The molecule has 0 amide bonds. The average Bonchev–Trinajstić information content (AvgIpc) is 2.40. The first-order chi connectivity index (χ1) is 6.52. The molecule has 2 N–H and O–H groups in total. The van der Waals surface area contributed by atoms with Crippen LogP contribution in [0.25, 0.3) is 0 Å². The lowest BCUT2D eigenvalue weighted by molar-refractivity contribution is -0.0431. The van der Waals surface area contributed by atoms with Crippen LogP contribution < -0.4 is 15.2 Å². The first-order valence-electron chi connectivity index (χ1n) is 4.42. The van der Waals surface area contributed by atoms with Crippen molar-refractivity contribution in [1.82, 2.24) is 0 Å². The van der Waals surface area contributed by atoms with Gasteiger partial charge in [0.05, 0.1) is 5.02 Å². The Morgan fingerprint density at radius 3 is 2.71 bits per heavy atom. The van der Waals surface area contributed by atoms with Crippen molar-refractivity contribution >= 4 is 11.6 Å². The van der Waals surface area contributed by atoms with Crippen LogP contribution in [-0.2, 0) is 6.54 Å². The molecule has 14 heavy (non-hydrogen) atoms. The molecule has 0 saturated carbocycles. The summed E-state index contributed by atoms with van der Waals surface area (Å²) in [7, 11) is 0. The third kappa shape index (κ3) is 1.53. The fourth-order valence-electron chi connectivity index (χ4n) is 1.45. The van der Waals surface area contributed by atoms with E-state index in [1.165, 1.54) is 0 Å². The van der Waals surface area contributed by atoms with Crippen molar-refractivity contribution in [1.29, 1.82) is 0 Å². The highest BCUT2D eigenvalue weighted by Crippen LogP contribution is 2.44. The molecule has 0 bridgehead atoms. The van der Waals surface area contributed by atoms with E-state index < -0.39 is 5.79 Å². The number of benzene rings is 1. The van der Waals surface area contributed by atoms with E-state index in [1.54, 1.807) is 6.07 Å². The average molecular weight is 214 g/mol. The highest BCUT2D eigenvalue weighted by Gasteiger charge is 2.33. The normalized spacial score (nSPS) is 17.1. The second-order valence-corrected chi connectivity index (χ2v) is 4.12. The first kappa shape index (κ1) is 9.62. The van der Waals surface area contributed by atoms with E-state index in [-0.39, 0.29) is 0 Å². The van der Waals surface area contributed by atoms with Gasteiger partial charge in [-0.25, -0.2) is 0 Å². The molecule has 3 nitrogen and oxygen atoms in total. The molecular formula is C10H12ClNO2. The van der Waals surface area contributed by atoms with Gasteiger partial charge >= 0.3 is 0 Å². The zero-order valence-corrected chi connectivity index (χ0v) is 8.89. The fraction of sp³-hybridized carbons (Fsp3) is 0.400. The number of hydrogen-bond donors (Lipinski definition) is 1. The van der Waals surface area contributed by atoms with Gasteiger partial charge in [-0.3, -0.25) is 0 Å². The molecule has 0 atom stereocenters. The molecule has 4 heteroatoms. The number of rotatable bonds is 1. The minimum Gasteiger partial charge on any atom is -0.449 e. The summed E-state index contributed by atoms with van der Waals surface area (Å²) in [4.78, 5) is 0. The van der Waals surface area contributed by atoms with Gasteiger partial charge in [-0.05, 0) is 17.7 Å². The third-order valence-corrected chi connectivity index (χ3v) is 2.29. The molecule has 1 aromatic carbocycles.